The Labute approximate surface area is 158 Å². The smallest absolute Gasteiger partial charge is 0.223 e. The van der Waals surface area contributed by atoms with Crippen LogP contribution >= 0.6 is 0 Å². The minimum Gasteiger partial charge on any atom is -0.343 e. The lowest BCUT2D eigenvalue weighted by molar-refractivity contribution is 0.626. The van der Waals surface area contributed by atoms with E-state index < -0.39 is 11.0 Å². The normalized spacial score (nSPS) is 12.6. The van der Waals surface area contributed by atoms with E-state index in [2.05, 4.69) is 20.0 Å². The molecule has 0 spiro atoms. The highest BCUT2D eigenvalue weighted by molar-refractivity contribution is 7.85. The van der Waals surface area contributed by atoms with Gasteiger partial charge in [0.05, 0.1) is 24.0 Å². The van der Waals surface area contributed by atoms with Crippen molar-refractivity contribution < 1.29 is 8.60 Å². The van der Waals surface area contributed by atoms with Gasteiger partial charge in [0.15, 0.2) is 0 Å². The van der Waals surface area contributed by atoms with Gasteiger partial charge in [-0.3, -0.25) is 0 Å². The number of nitriles is 1. The predicted octanol–water partition coefficient (Wildman–Crippen LogP) is 3.39. The molecule has 3 rings (SSSR count). The highest BCUT2D eigenvalue weighted by Crippen LogP contribution is 2.27. The fraction of sp³-hybridized carbons (Fsp3) is 0.105. The van der Waals surface area contributed by atoms with Crippen LogP contribution in [0.4, 0.5) is 16.0 Å². The molecule has 1 aromatic heterocycles. The molecule has 0 aliphatic heterocycles. The van der Waals surface area contributed by atoms with E-state index in [0.29, 0.717) is 11.5 Å². The second-order valence-electron chi connectivity index (χ2n) is 5.71. The third-order valence-corrected chi connectivity index (χ3v) is 4.29. The Kier molecular flexibility index (Phi) is 5.74. The Hall–Kier alpha value is -3.31. The zero-order valence-corrected chi connectivity index (χ0v) is 15.2. The van der Waals surface area contributed by atoms with Gasteiger partial charge in [-0.05, 0) is 35.4 Å². The standard InChI is InChI=1S/C19H16FN5OS/c1-27(26)25-17-8-4-15(5-9-17)18(14-2-6-16(20)7-3-14)24-19-22-11-13(10-21)12-23-19/h2-9,11-12,18,25H,1H3,(H,22,23,24). The number of aromatic nitrogens is 2. The van der Waals surface area contributed by atoms with Gasteiger partial charge in [-0.1, -0.05) is 24.3 Å². The van der Waals surface area contributed by atoms with Crippen molar-refractivity contribution in [2.24, 2.45) is 0 Å². The number of anilines is 2. The van der Waals surface area contributed by atoms with Crippen LogP contribution in [0.3, 0.4) is 0 Å². The molecule has 27 heavy (non-hydrogen) atoms. The summed E-state index contributed by atoms with van der Waals surface area (Å²) in [5, 5.41) is 12.1. The van der Waals surface area contributed by atoms with Gasteiger partial charge >= 0.3 is 0 Å². The summed E-state index contributed by atoms with van der Waals surface area (Å²) in [6.45, 7) is 0. The highest BCUT2D eigenvalue weighted by atomic mass is 32.2. The maximum absolute atomic E-state index is 13.3. The van der Waals surface area contributed by atoms with Gasteiger partial charge in [0.1, 0.15) is 22.9 Å². The maximum Gasteiger partial charge on any atom is 0.223 e. The summed E-state index contributed by atoms with van der Waals surface area (Å²) in [5.41, 5.74) is 2.81. The van der Waals surface area contributed by atoms with Gasteiger partial charge in [-0.25, -0.2) is 18.6 Å². The summed E-state index contributed by atoms with van der Waals surface area (Å²) < 4.78 is 27.4. The summed E-state index contributed by atoms with van der Waals surface area (Å²) in [7, 11) is -1.16. The number of rotatable bonds is 6. The molecule has 0 radical (unpaired) electrons. The first-order valence-corrected chi connectivity index (χ1v) is 9.55. The van der Waals surface area contributed by atoms with Gasteiger partial charge in [0, 0.05) is 11.9 Å². The van der Waals surface area contributed by atoms with Crippen LogP contribution in [0.15, 0.2) is 60.9 Å². The average molecular weight is 381 g/mol. The molecule has 6 nitrogen and oxygen atoms in total. The number of benzene rings is 2. The Morgan fingerprint density at radius 1 is 1.04 bits per heavy atom. The molecular weight excluding hydrogens is 365 g/mol. The van der Waals surface area contributed by atoms with Crippen LogP contribution in [0.2, 0.25) is 0 Å². The van der Waals surface area contributed by atoms with Crippen LogP contribution in [0.1, 0.15) is 22.7 Å². The Morgan fingerprint density at radius 3 is 2.11 bits per heavy atom. The first kappa shape index (κ1) is 18.5. The highest BCUT2D eigenvalue weighted by Gasteiger charge is 2.16. The topological polar surface area (TPSA) is 90.7 Å². The van der Waals surface area contributed by atoms with E-state index in [1.165, 1.54) is 24.5 Å². The van der Waals surface area contributed by atoms with Crippen LogP contribution in [0.25, 0.3) is 0 Å². The third-order valence-electron chi connectivity index (χ3n) is 3.76. The van der Waals surface area contributed by atoms with E-state index in [0.717, 1.165) is 16.8 Å². The first-order chi connectivity index (χ1) is 13.0. The van der Waals surface area contributed by atoms with E-state index in [-0.39, 0.29) is 11.9 Å². The largest absolute Gasteiger partial charge is 0.343 e. The minimum absolute atomic E-state index is 0.322. The van der Waals surface area contributed by atoms with Crippen LogP contribution in [0.5, 0.6) is 0 Å². The summed E-state index contributed by atoms with van der Waals surface area (Å²) in [4.78, 5) is 8.29. The molecule has 0 aliphatic rings. The van der Waals surface area contributed by atoms with Crippen molar-refractivity contribution in [1.82, 2.24) is 9.97 Å². The molecule has 2 atom stereocenters. The second kappa shape index (κ2) is 8.38. The van der Waals surface area contributed by atoms with Gasteiger partial charge in [-0.15, -0.1) is 0 Å². The molecule has 2 aromatic carbocycles. The monoisotopic (exact) mass is 381 g/mol. The first-order valence-electron chi connectivity index (χ1n) is 7.99. The molecule has 0 saturated heterocycles. The number of hydrogen-bond acceptors (Lipinski definition) is 5. The zero-order valence-electron chi connectivity index (χ0n) is 14.4. The Bertz CT molecular complexity index is 969. The van der Waals surface area contributed by atoms with Gasteiger partial charge in [0.25, 0.3) is 0 Å². The minimum atomic E-state index is -1.16. The zero-order chi connectivity index (χ0) is 19.2. The van der Waals surface area contributed by atoms with Crippen LogP contribution in [0, 0.1) is 17.1 Å². The van der Waals surface area contributed by atoms with Gasteiger partial charge in [-0.2, -0.15) is 5.26 Å². The molecule has 0 amide bonds. The molecule has 1 heterocycles. The summed E-state index contributed by atoms with van der Waals surface area (Å²) in [6, 6.07) is 15.2. The fourth-order valence-corrected chi connectivity index (χ4v) is 2.98. The van der Waals surface area contributed by atoms with Crippen LogP contribution in [-0.2, 0) is 11.0 Å². The molecule has 2 unspecified atom stereocenters. The van der Waals surface area contributed by atoms with Crippen molar-refractivity contribution in [2.45, 2.75) is 6.04 Å². The van der Waals surface area contributed by atoms with E-state index >= 15 is 0 Å². The molecule has 0 fully saturated rings. The molecule has 3 aromatic rings. The summed E-state index contributed by atoms with van der Waals surface area (Å²) in [5.74, 6) is 0.0253. The van der Waals surface area contributed by atoms with E-state index in [4.69, 9.17) is 5.26 Å². The Morgan fingerprint density at radius 2 is 1.59 bits per heavy atom. The molecule has 2 N–H and O–H groups in total. The van der Waals surface area contributed by atoms with Gasteiger partial charge < -0.3 is 10.0 Å². The summed E-state index contributed by atoms with van der Waals surface area (Å²) in [6.07, 6.45) is 4.42. The van der Waals surface area contributed by atoms with Crippen molar-refractivity contribution >= 4 is 22.6 Å². The molecule has 136 valence electrons. The lowest BCUT2D eigenvalue weighted by Crippen LogP contribution is -2.14. The lowest BCUT2D eigenvalue weighted by atomic mass is 9.98. The fourth-order valence-electron chi connectivity index (χ4n) is 2.51. The van der Waals surface area contributed by atoms with E-state index in [1.54, 1.807) is 18.4 Å². The number of nitrogens with zero attached hydrogens (tertiary/aromatic N) is 3. The molecule has 8 heteroatoms. The molecule has 0 saturated carbocycles. The Balaban J connectivity index is 1.92. The number of hydrogen-bond donors (Lipinski definition) is 2. The second-order valence-corrected chi connectivity index (χ2v) is 6.83. The predicted molar refractivity (Wildman–Crippen MR) is 103 cm³/mol. The van der Waals surface area contributed by atoms with Crippen molar-refractivity contribution in [3.63, 3.8) is 0 Å². The average Bonchev–Trinajstić information content (AvgIpc) is 2.68. The molecule has 0 bridgehead atoms. The van der Waals surface area contributed by atoms with E-state index in [9.17, 15) is 8.60 Å². The number of halogens is 1. The maximum atomic E-state index is 13.3. The van der Waals surface area contributed by atoms with Gasteiger partial charge in [0.2, 0.25) is 5.95 Å². The van der Waals surface area contributed by atoms with Crippen molar-refractivity contribution in [2.75, 3.05) is 16.3 Å². The quantitative estimate of drug-likeness (QED) is 0.683. The van der Waals surface area contributed by atoms with Crippen molar-refractivity contribution in [3.8, 4) is 6.07 Å². The SMILES string of the molecule is CS(=O)Nc1ccc(C(Nc2ncc(C#N)cn2)c2ccc(F)cc2)cc1. The molecule has 0 aliphatic carbocycles. The van der Waals surface area contributed by atoms with Crippen LogP contribution < -0.4 is 10.0 Å². The van der Waals surface area contributed by atoms with Crippen LogP contribution in [-0.4, -0.2) is 20.4 Å². The molecular formula is C19H16FN5OS. The van der Waals surface area contributed by atoms with Crippen molar-refractivity contribution in [3.05, 3.63) is 83.4 Å². The summed E-state index contributed by atoms with van der Waals surface area (Å²) >= 11 is 0. The van der Waals surface area contributed by atoms with E-state index in [1.807, 2.05) is 30.3 Å². The lowest BCUT2D eigenvalue weighted by Gasteiger charge is -2.20. The van der Waals surface area contributed by atoms with Crippen molar-refractivity contribution in [1.29, 1.82) is 5.26 Å². The third kappa shape index (κ3) is 4.86. The number of nitrogens with one attached hydrogen (secondary N) is 2.